The smallest absolute Gasteiger partial charge is 0.00762 e. The Morgan fingerprint density at radius 1 is 1.54 bits per heavy atom. The third kappa shape index (κ3) is 4.69. The van der Waals surface area contributed by atoms with Crippen molar-refractivity contribution in [3.63, 3.8) is 0 Å². The quantitative estimate of drug-likeness (QED) is 0.640. The highest BCUT2D eigenvalue weighted by Crippen LogP contribution is 2.13. The second kappa shape index (κ2) is 6.67. The van der Waals surface area contributed by atoms with Crippen LogP contribution >= 0.6 is 0 Å². The van der Waals surface area contributed by atoms with Crippen LogP contribution < -0.4 is 5.32 Å². The van der Waals surface area contributed by atoms with E-state index in [4.69, 9.17) is 0 Å². The van der Waals surface area contributed by atoms with Crippen LogP contribution in [-0.2, 0) is 0 Å². The molecular weight excluding hydrogens is 158 g/mol. The predicted molar refractivity (Wildman–Crippen MR) is 60.8 cm³/mol. The first kappa shape index (κ1) is 12.2. The fourth-order valence-corrected chi connectivity index (χ4v) is 1.19. The van der Waals surface area contributed by atoms with Gasteiger partial charge >= 0.3 is 0 Å². The zero-order valence-electron chi connectivity index (χ0n) is 9.22. The average molecular weight is 179 g/mol. The SMILES string of the molecule is C=C/C(CC(C)NC)=C(C)\C=C/C. The lowest BCUT2D eigenvalue weighted by molar-refractivity contribution is 0.609. The third-order valence-electron chi connectivity index (χ3n) is 2.19. The Morgan fingerprint density at radius 2 is 2.15 bits per heavy atom. The van der Waals surface area contributed by atoms with Crippen LogP contribution in [0.25, 0.3) is 0 Å². The summed E-state index contributed by atoms with van der Waals surface area (Å²) in [5.41, 5.74) is 2.62. The summed E-state index contributed by atoms with van der Waals surface area (Å²) < 4.78 is 0. The molecule has 0 radical (unpaired) electrons. The number of hydrogen-bond donors (Lipinski definition) is 1. The van der Waals surface area contributed by atoms with E-state index in [2.05, 4.69) is 37.9 Å². The molecule has 0 aromatic heterocycles. The molecule has 0 aliphatic carbocycles. The van der Waals surface area contributed by atoms with Crippen molar-refractivity contribution in [2.45, 2.75) is 33.2 Å². The maximum absolute atomic E-state index is 3.83. The summed E-state index contributed by atoms with van der Waals surface area (Å²) in [5.74, 6) is 0. The van der Waals surface area contributed by atoms with Gasteiger partial charge in [0.25, 0.3) is 0 Å². The van der Waals surface area contributed by atoms with Crippen molar-refractivity contribution in [1.29, 1.82) is 0 Å². The monoisotopic (exact) mass is 179 g/mol. The van der Waals surface area contributed by atoms with Crippen molar-refractivity contribution in [2.75, 3.05) is 7.05 Å². The molecule has 1 atom stereocenters. The van der Waals surface area contributed by atoms with Crippen LogP contribution in [-0.4, -0.2) is 13.1 Å². The minimum Gasteiger partial charge on any atom is -0.317 e. The Labute approximate surface area is 82.2 Å². The van der Waals surface area contributed by atoms with Crippen LogP contribution in [0.1, 0.15) is 27.2 Å². The lowest BCUT2D eigenvalue weighted by Gasteiger charge is -2.12. The molecule has 74 valence electrons. The number of allylic oxidation sites excluding steroid dienone is 4. The van der Waals surface area contributed by atoms with E-state index >= 15 is 0 Å². The van der Waals surface area contributed by atoms with E-state index in [-0.39, 0.29) is 0 Å². The van der Waals surface area contributed by atoms with Gasteiger partial charge < -0.3 is 5.32 Å². The molecule has 0 amide bonds. The highest BCUT2D eigenvalue weighted by Gasteiger charge is 2.02. The molecular formula is C12H21N. The van der Waals surface area contributed by atoms with Crippen molar-refractivity contribution in [1.82, 2.24) is 5.32 Å². The van der Waals surface area contributed by atoms with E-state index in [1.54, 1.807) is 0 Å². The molecule has 0 fully saturated rings. The first-order valence-electron chi connectivity index (χ1n) is 4.77. The summed E-state index contributed by atoms with van der Waals surface area (Å²) in [7, 11) is 1.98. The molecule has 0 heterocycles. The summed E-state index contributed by atoms with van der Waals surface area (Å²) in [6.45, 7) is 10.2. The van der Waals surface area contributed by atoms with Gasteiger partial charge in [-0.3, -0.25) is 0 Å². The summed E-state index contributed by atoms with van der Waals surface area (Å²) in [6.07, 6.45) is 7.17. The maximum atomic E-state index is 3.83. The van der Waals surface area contributed by atoms with Crippen LogP contribution in [0.15, 0.2) is 36.0 Å². The standard InChI is InChI=1S/C12H21N/c1-6-8-10(3)12(7-2)9-11(4)13-5/h6-8,11,13H,2,9H2,1,3-5H3/b8-6-,12-10+. The Morgan fingerprint density at radius 3 is 2.54 bits per heavy atom. The number of rotatable bonds is 5. The van der Waals surface area contributed by atoms with Gasteiger partial charge in [-0.25, -0.2) is 0 Å². The summed E-state index contributed by atoms with van der Waals surface area (Å²) in [6, 6.07) is 0.508. The Balaban J connectivity index is 4.48. The lowest BCUT2D eigenvalue weighted by atomic mass is 10.0. The fourth-order valence-electron chi connectivity index (χ4n) is 1.19. The second-order valence-electron chi connectivity index (χ2n) is 3.31. The zero-order chi connectivity index (χ0) is 10.3. The molecule has 0 aliphatic heterocycles. The zero-order valence-corrected chi connectivity index (χ0v) is 9.22. The van der Waals surface area contributed by atoms with Crippen molar-refractivity contribution in [2.24, 2.45) is 0 Å². The molecule has 0 aromatic rings. The van der Waals surface area contributed by atoms with E-state index in [0.717, 1.165) is 6.42 Å². The first-order chi connectivity index (χ1) is 6.15. The van der Waals surface area contributed by atoms with Gasteiger partial charge in [0.05, 0.1) is 0 Å². The fraction of sp³-hybridized carbons (Fsp3) is 0.500. The molecule has 0 aromatic carbocycles. The molecule has 0 rings (SSSR count). The molecule has 0 saturated heterocycles. The normalized spacial score (nSPS) is 15.7. The minimum atomic E-state index is 0.508. The molecule has 0 aliphatic rings. The van der Waals surface area contributed by atoms with Crippen LogP contribution in [0.3, 0.4) is 0 Å². The van der Waals surface area contributed by atoms with Gasteiger partial charge in [0.1, 0.15) is 0 Å². The maximum Gasteiger partial charge on any atom is 0.00762 e. The van der Waals surface area contributed by atoms with E-state index in [1.807, 2.05) is 20.0 Å². The van der Waals surface area contributed by atoms with E-state index < -0.39 is 0 Å². The molecule has 0 bridgehead atoms. The molecule has 0 saturated carbocycles. The highest BCUT2D eigenvalue weighted by molar-refractivity contribution is 5.31. The van der Waals surface area contributed by atoms with Gasteiger partial charge in [0.2, 0.25) is 0 Å². The topological polar surface area (TPSA) is 12.0 Å². The van der Waals surface area contributed by atoms with E-state index in [1.165, 1.54) is 11.1 Å². The molecule has 1 unspecified atom stereocenters. The van der Waals surface area contributed by atoms with Gasteiger partial charge in [-0.05, 0) is 45.4 Å². The van der Waals surface area contributed by atoms with Crippen LogP contribution in [0.4, 0.5) is 0 Å². The summed E-state index contributed by atoms with van der Waals surface area (Å²) in [5, 5.41) is 3.22. The molecule has 1 N–H and O–H groups in total. The minimum absolute atomic E-state index is 0.508. The van der Waals surface area contributed by atoms with Gasteiger partial charge in [-0.2, -0.15) is 0 Å². The molecule has 1 nitrogen and oxygen atoms in total. The molecule has 1 heteroatoms. The van der Waals surface area contributed by atoms with Crippen LogP contribution in [0, 0.1) is 0 Å². The highest BCUT2D eigenvalue weighted by atomic mass is 14.8. The van der Waals surface area contributed by atoms with Crippen LogP contribution in [0.2, 0.25) is 0 Å². The molecule has 13 heavy (non-hydrogen) atoms. The van der Waals surface area contributed by atoms with Crippen LogP contribution in [0.5, 0.6) is 0 Å². The largest absolute Gasteiger partial charge is 0.317 e. The van der Waals surface area contributed by atoms with Gasteiger partial charge in [-0.1, -0.05) is 24.8 Å². The Bertz CT molecular complexity index is 211. The third-order valence-corrected chi connectivity index (χ3v) is 2.19. The van der Waals surface area contributed by atoms with Crippen molar-refractivity contribution in [3.8, 4) is 0 Å². The number of hydrogen-bond acceptors (Lipinski definition) is 1. The van der Waals surface area contributed by atoms with Crippen molar-refractivity contribution in [3.05, 3.63) is 36.0 Å². The van der Waals surface area contributed by atoms with Gasteiger partial charge in [0, 0.05) is 6.04 Å². The van der Waals surface area contributed by atoms with Crippen molar-refractivity contribution < 1.29 is 0 Å². The second-order valence-corrected chi connectivity index (χ2v) is 3.31. The first-order valence-corrected chi connectivity index (χ1v) is 4.77. The predicted octanol–water partition coefficient (Wildman–Crippen LogP) is 3.06. The lowest BCUT2D eigenvalue weighted by Crippen LogP contribution is -2.21. The Kier molecular flexibility index (Phi) is 6.25. The van der Waals surface area contributed by atoms with Crippen molar-refractivity contribution >= 4 is 0 Å². The number of nitrogens with one attached hydrogen (secondary N) is 1. The van der Waals surface area contributed by atoms with E-state index in [9.17, 15) is 0 Å². The summed E-state index contributed by atoms with van der Waals surface area (Å²) >= 11 is 0. The van der Waals surface area contributed by atoms with E-state index in [0.29, 0.717) is 6.04 Å². The average Bonchev–Trinajstić information content (AvgIpc) is 2.14. The van der Waals surface area contributed by atoms with Gasteiger partial charge in [0.15, 0.2) is 0 Å². The Hall–Kier alpha value is -0.820. The van der Waals surface area contributed by atoms with Gasteiger partial charge in [-0.15, -0.1) is 0 Å². The molecule has 0 spiro atoms. The summed E-state index contributed by atoms with van der Waals surface area (Å²) in [4.78, 5) is 0.